The van der Waals surface area contributed by atoms with Gasteiger partial charge in [0.1, 0.15) is 0 Å². The van der Waals surface area contributed by atoms with E-state index >= 15 is 0 Å². The Kier molecular flexibility index (Phi) is 69.0. The number of carboxylic acid groups (broad SMARTS) is 1. The molecule has 0 spiro atoms. The van der Waals surface area contributed by atoms with Crippen LogP contribution in [0.5, 0.6) is 0 Å². The fourth-order valence-corrected chi connectivity index (χ4v) is 6.78. The first kappa shape index (κ1) is 70.1. The molecule has 360 valence electrons. The van der Waals surface area contributed by atoms with Crippen LogP contribution in [0.3, 0.4) is 0 Å². The zero-order valence-electron chi connectivity index (χ0n) is 43.8. The van der Waals surface area contributed by atoms with Gasteiger partial charge in [-0.3, -0.25) is 18.9 Å². The van der Waals surface area contributed by atoms with Crippen LogP contribution in [0.25, 0.3) is 0 Å². The molecular weight excluding hydrogens is 816 g/mol. The predicted molar refractivity (Wildman–Crippen MR) is 254 cm³/mol. The van der Waals surface area contributed by atoms with Gasteiger partial charge in [0.2, 0.25) is 0 Å². The molecule has 0 saturated carbocycles. The standard InChI is InChI=1S/C18H34O4.C18H36O2.C12H26O4S.Mg.Na.3H/c1-3-5-15-21-17(19)13-11-9-7-8-10-12-14-18(20)22-16-6-4-2;1-2-3-4-5-6-7-8-9-10-11-12-13-14-15-16-17-18(19)20;1-2-3-4-5-6-7-8-9-10-11-12-16-17(13,14)15;;;;;/h3-16H2,1-2H3;2-17H2,1H3,(H,19,20);2-12H2,1H3,(H,13,14,15);;;;;/q;;;+2;+1;3*-1. The molecule has 0 atom stereocenters. The summed E-state index contributed by atoms with van der Waals surface area (Å²) in [4.78, 5) is 33.1. The second-order valence-electron chi connectivity index (χ2n) is 16.3. The van der Waals surface area contributed by atoms with Gasteiger partial charge in [0.05, 0.1) is 19.8 Å². The summed E-state index contributed by atoms with van der Waals surface area (Å²) in [5, 5.41) is 8.52. The molecule has 10 nitrogen and oxygen atoms in total. The van der Waals surface area contributed by atoms with Gasteiger partial charge in [-0.1, -0.05) is 214 Å². The molecule has 0 aliphatic carbocycles. The largest absolute Gasteiger partial charge is 2.00 e. The monoisotopic (exact) mass is 915 g/mol. The minimum atomic E-state index is -4.23. The SMILES string of the molecule is CCCCCCCCCCCCCCCCCC(=O)O.CCCCCCCCCCCCOS(=O)(=O)O.CCCCOC(=O)CCCCCCCCC(=O)OCCCC.[H-].[H-].[H-].[Mg+2].[Na+]. The second-order valence-corrected chi connectivity index (χ2v) is 17.4. The Morgan fingerprint density at radius 3 is 0.902 bits per heavy atom. The molecule has 0 aromatic heterocycles. The number of ether oxygens (including phenoxy) is 2. The number of rotatable bonds is 43. The molecule has 0 bridgehead atoms. The van der Waals surface area contributed by atoms with Gasteiger partial charge < -0.3 is 18.9 Å². The second kappa shape index (κ2) is 60.0. The van der Waals surface area contributed by atoms with Gasteiger partial charge in [0.25, 0.3) is 0 Å². The van der Waals surface area contributed by atoms with E-state index in [1.54, 1.807) is 0 Å². The van der Waals surface area contributed by atoms with Gasteiger partial charge in [-0.15, -0.1) is 0 Å². The van der Waals surface area contributed by atoms with Crippen LogP contribution < -0.4 is 29.6 Å². The number of esters is 2. The summed E-state index contributed by atoms with van der Waals surface area (Å²) in [5.74, 6) is -0.786. The van der Waals surface area contributed by atoms with Crippen molar-refractivity contribution < 1.29 is 80.0 Å². The van der Waals surface area contributed by atoms with Crippen molar-refractivity contribution >= 4 is 51.4 Å². The third-order valence-electron chi connectivity index (χ3n) is 10.3. The molecule has 0 aliphatic rings. The van der Waals surface area contributed by atoms with Crippen molar-refractivity contribution in [3.8, 4) is 0 Å². The van der Waals surface area contributed by atoms with Crippen LogP contribution in [0.2, 0.25) is 0 Å². The van der Waals surface area contributed by atoms with Crippen molar-refractivity contribution in [2.24, 2.45) is 0 Å². The predicted octanol–water partition coefficient (Wildman–Crippen LogP) is 11.8. The topological polar surface area (TPSA) is 154 Å². The first-order valence-corrected chi connectivity index (χ1v) is 26.0. The van der Waals surface area contributed by atoms with E-state index < -0.39 is 16.4 Å². The minimum absolute atomic E-state index is 0. The van der Waals surface area contributed by atoms with Crippen molar-refractivity contribution in [2.45, 2.75) is 272 Å². The van der Waals surface area contributed by atoms with E-state index in [9.17, 15) is 22.8 Å². The summed E-state index contributed by atoms with van der Waals surface area (Å²) in [6.45, 7) is 9.86. The molecule has 0 aromatic carbocycles. The molecule has 0 radical (unpaired) electrons. The summed E-state index contributed by atoms with van der Waals surface area (Å²) in [5.41, 5.74) is 0. The van der Waals surface area contributed by atoms with Crippen LogP contribution in [0.15, 0.2) is 0 Å². The third-order valence-corrected chi connectivity index (χ3v) is 10.7. The molecule has 2 N–H and O–H groups in total. The van der Waals surface area contributed by atoms with E-state index in [4.69, 9.17) is 19.1 Å². The zero-order chi connectivity index (χ0) is 44.3. The van der Waals surface area contributed by atoms with Gasteiger partial charge >= 0.3 is 80.9 Å². The molecule has 0 saturated heterocycles. The van der Waals surface area contributed by atoms with Gasteiger partial charge in [0, 0.05) is 19.3 Å². The van der Waals surface area contributed by atoms with Crippen LogP contribution in [0, 0.1) is 0 Å². The van der Waals surface area contributed by atoms with Gasteiger partial charge in [0.15, 0.2) is 0 Å². The number of hydrogen-bond donors (Lipinski definition) is 2. The molecule has 0 rings (SSSR count). The molecule has 13 heteroatoms. The Morgan fingerprint density at radius 2 is 0.639 bits per heavy atom. The quantitative estimate of drug-likeness (QED) is 0.0261. The van der Waals surface area contributed by atoms with E-state index in [2.05, 4.69) is 31.9 Å². The van der Waals surface area contributed by atoms with Crippen LogP contribution >= 0.6 is 0 Å². The summed E-state index contributed by atoms with van der Waals surface area (Å²) in [6, 6.07) is 0. The Labute approximate surface area is 419 Å². The molecule has 0 heterocycles. The van der Waals surface area contributed by atoms with Crippen LogP contribution in [0.4, 0.5) is 0 Å². The molecule has 61 heavy (non-hydrogen) atoms. The average molecular weight is 916 g/mol. The number of unbranched alkanes of at least 4 members (excludes halogenated alkanes) is 30. The third kappa shape index (κ3) is 74.7. The molecular formula is C48H99MgNaO10S. The van der Waals surface area contributed by atoms with Crippen molar-refractivity contribution in [2.75, 3.05) is 19.8 Å². The summed E-state index contributed by atoms with van der Waals surface area (Å²) in [6.07, 6.45) is 43.3. The van der Waals surface area contributed by atoms with E-state index in [1.807, 2.05) is 0 Å². The first-order valence-electron chi connectivity index (χ1n) is 24.7. The molecule has 0 aliphatic heterocycles. The fraction of sp³-hybridized carbons (Fsp3) is 0.938. The number of carboxylic acids is 1. The Hall–Kier alpha value is 0.0462. The van der Waals surface area contributed by atoms with Crippen molar-refractivity contribution in [3.63, 3.8) is 0 Å². The Morgan fingerprint density at radius 1 is 0.393 bits per heavy atom. The molecule has 0 unspecified atom stereocenters. The normalized spacial score (nSPS) is 10.6. The summed E-state index contributed by atoms with van der Waals surface area (Å²) >= 11 is 0. The molecule has 0 fully saturated rings. The Balaban J connectivity index is -0.000000119. The first-order chi connectivity index (χ1) is 28.5. The van der Waals surface area contributed by atoms with Crippen LogP contribution in [0.1, 0.15) is 276 Å². The van der Waals surface area contributed by atoms with E-state index in [0.29, 0.717) is 38.9 Å². The number of aliphatic carboxylic acids is 1. The summed E-state index contributed by atoms with van der Waals surface area (Å²) < 4.78 is 43.2. The van der Waals surface area contributed by atoms with Gasteiger partial charge in [-0.05, 0) is 38.5 Å². The molecule has 0 aromatic rings. The van der Waals surface area contributed by atoms with Gasteiger partial charge in [-0.25, -0.2) is 4.18 Å². The average Bonchev–Trinajstić information content (AvgIpc) is 3.19. The number of carbonyl (C=O) groups is 3. The van der Waals surface area contributed by atoms with Crippen LogP contribution in [-0.2, 0) is 38.4 Å². The van der Waals surface area contributed by atoms with E-state index in [0.717, 1.165) is 89.9 Å². The zero-order valence-corrected chi connectivity index (χ0v) is 45.0. The number of hydrogen-bond acceptors (Lipinski definition) is 8. The van der Waals surface area contributed by atoms with E-state index in [-0.39, 0.29) is 75.4 Å². The maximum Gasteiger partial charge on any atom is 2.00 e. The van der Waals surface area contributed by atoms with Gasteiger partial charge in [-0.2, -0.15) is 8.42 Å². The van der Waals surface area contributed by atoms with Crippen molar-refractivity contribution in [3.05, 3.63) is 0 Å². The summed E-state index contributed by atoms with van der Waals surface area (Å²) in [7, 11) is -4.23. The van der Waals surface area contributed by atoms with Crippen LogP contribution in [-0.4, -0.2) is 78.9 Å². The fourth-order valence-electron chi connectivity index (χ4n) is 6.45. The smallest absolute Gasteiger partial charge is 1.00 e. The maximum absolute atomic E-state index is 11.4. The van der Waals surface area contributed by atoms with E-state index in [1.165, 1.54) is 128 Å². The maximum atomic E-state index is 11.4. The van der Waals surface area contributed by atoms with Crippen molar-refractivity contribution in [1.82, 2.24) is 0 Å². The minimum Gasteiger partial charge on any atom is -1.00 e. The Bertz CT molecular complexity index is 977. The molecule has 0 amide bonds. The number of carbonyl (C=O) groups excluding carboxylic acids is 2. The van der Waals surface area contributed by atoms with Crippen molar-refractivity contribution in [1.29, 1.82) is 0 Å².